The first-order valence-electron chi connectivity index (χ1n) is 11.0. The largest absolute Gasteiger partial charge is 0.489 e. The molecule has 0 atom stereocenters. The topological polar surface area (TPSA) is 118 Å². The Morgan fingerprint density at radius 2 is 2.00 bits per heavy atom. The van der Waals surface area contributed by atoms with E-state index in [0.717, 1.165) is 16.5 Å². The van der Waals surface area contributed by atoms with Crippen LogP contribution in [0.25, 0.3) is 5.52 Å². The number of likely N-dealkylation sites (N-methyl/N-ethyl adjacent to an activating group) is 1. The van der Waals surface area contributed by atoms with Crippen LogP contribution in [0.15, 0.2) is 53.0 Å². The van der Waals surface area contributed by atoms with Crippen molar-refractivity contribution in [3.8, 4) is 5.88 Å². The number of aliphatic hydroxyl groups is 1. The highest BCUT2D eigenvalue weighted by molar-refractivity contribution is 6.22. The first kappa shape index (κ1) is 22.0. The van der Waals surface area contributed by atoms with Gasteiger partial charge in [-0.05, 0) is 37.5 Å². The highest BCUT2D eigenvalue weighted by atomic mass is 16.5. The molecule has 0 amide bonds. The third-order valence-electron chi connectivity index (χ3n) is 5.96. The van der Waals surface area contributed by atoms with Gasteiger partial charge in [-0.15, -0.1) is 5.10 Å². The van der Waals surface area contributed by atoms with Crippen LogP contribution in [0, 0.1) is 5.41 Å². The normalized spacial score (nSPS) is 19.7. The van der Waals surface area contributed by atoms with Crippen LogP contribution in [0.1, 0.15) is 19.3 Å². The van der Waals surface area contributed by atoms with Crippen molar-refractivity contribution in [2.24, 2.45) is 10.7 Å². The zero-order chi connectivity index (χ0) is 22.6. The summed E-state index contributed by atoms with van der Waals surface area (Å²) in [5.41, 5.74) is 8.51. The number of aromatic nitrogens is 2. The van der Waals surface area contributed by atoms with Gasteiger partial charge < -0.3 is 24.8 Å². The number of likely N-dealkylation sites (tertiary alicyclic amines) is 1. The first-order chi connectivity index (χ1) is 15.5. The number of piperidine rings is 1. The minimum atomic E-state index is -0.139. The highest BCUT2D eigenvalue weighted by Crippen LogP contribution is 2.33. The zero-order valence-electron chi connectivity index (χ0n) is 18.5. The molecule has 1 saturated heterocycles. The van der Waals surface area contributed by atoms with E-state index in [9.17, 15) is 0 Å². The summed E-state index contributed by atoms with van der Waals surface area (Å²) >= 11 is 0. The van der Waals surface area contributed by atoms with Crippen LogP contribution in [-0.2, 0) is 4.74 Å². The number of pyridine rings is 1. The molecule has 4 rings (SSSR count). The van der Waals surface area contributed by atoms with Crippen LogP contribution in [0.3, 0.4) is 0 Å². The number of aliphatic imine (C=N–C) groups is 1. The molecular weight excluding hydrogens is 408 g/mol. The average Bonchev–Trinajstić information content (AvgIpc) is 3.12. The summed E-state index contributed by atoms with van der Waals surface area (Å²) in [6, 6.07) is 5.75. The standard InChI is InChI=1S/C23H31N6O3/c1-29(9-5-2-6-10-29)11-13-32-23-22(20-7-3-4-8-28(20)27-23)26-19-16-21(31-14-12-30)18(25)15-17(19)24/h3-4,7-8,15-16,25,30H,2,5-6,9-14,24H2,1H3/q+1. The molecule has 0 bridgehead atoms. The maximum Gasteiger partial charge on any atom is 0.260 e. The Hall–Kier alpha value is -3.17. The van der Waals surface area contributed by atoms with Gasteiger partial charge in [-0.3, -0.25) is 5.41 Å². The van der Waals surface area contributed by atoms with Crippen LogP contribution in [0.4, 0.5) is 5.69 Å². The molecule has 1 aliphatic carbocycles. The number of ether oxygens (including phenoxy) is 2. The van der Waals surface area contributed by atoms with Crippen LogP contribution in [-0.4, -0.2) is 77.1 Å². The summed E-state index contributed by atoms with van der Waals surface area (Å²) in [4.78, 5) is 4.76. The predicted octanol–water partition coefficient (Wildman–Crippen LogP) is 2.18. The smallest absolute Gasteiger partial charge is 0.260 e. The van der Waals surface area contributed by atoms with E-state index in [1.165, 1.54) is 38.4 Å². The predicted molar refractivity (Wildman–Crippen MR) is 124 cm³/mol. The molecule has 3 heterocycles. The van der Waals surface area contributed by atoms with Gasteiger partial charge in [0, 0.05) is 12.3 Å². The van der Waals surface area contributed by atoms with Crippen LogP contribution < -0.4 is 10.5 Å². The molecule has 1 fully saturated rings. The fourth-order valence-electron chi connectivity index (χ4n) is 4.11. The second kappa shape index (κ2) is 9.54. The number of fused-ring (bicyclic) bond motifs is 1. The average molecular weight is 440 g/mol. The van der Waals surface area contributed by atoms with Crippen molar-refractivity contribution in [2.75, 3.05) is 46.5 Å². The Morgan fingerprint density at radius 3 is 2.78 bits per heavy atom. The molecule has 2 aromatic rings. The summed E-state index contributed by atoms with van der Waals surface area (Å²) in [7, 11) is 2.29. The van der Waals surface area contributed by atoms with Gasteiger partial charge in [-0.25, -0.2) is 9.51 Å². The first-order valence-corrected chi connectivity index (χ1v) is 11.0. The summed E-state index contributed by atoms with van der Waals surface area (Å²) in [5, 5.41) is 21.7. The number of quaternary nitrogens is 1. The van der Waals surface area contributed by atoms with Crippen molar-refractivity contribution in [1.29, 1.82) is 5.41 Å². The van der Waals surface area contributed by atoms with Crippen molar-refractivity contribution in [1.82, 2.24) is 9.61 Å². The molecule has 2 aliphatic rings. The van der Waals surface area contributed by atoms with Crippen molar-refractivity contribution in [3.05, 3.63) is 48.0 Å². The molecule has 9 heteroatoms. The Labute approximate surface area is 187 Å². The maximum absolute atomic E-state index is 9.04. The molecule has 2 aromatic heterocycles. The number of hydrogen-bond acceptors (Lipinski definition) is 7. The fourth-order valence-corrected chi connectivity index (χ4v) is 4.11. The third kappa shape index (κ3) is 4.84. The summed E-state index contributed by atoms with van der Waals surface area (Å²) < 4.78 is 14.3. The number of nitrogens with one attached hydrogen (secondary N) is 1. The van der Waals surface area contributed by atoms with E-state index < -0.39 is 0 Å². The summed E-state index contributed by atoms with van der Waals surface area (Å²) in [5.74, 6) is 0.764. The Morgan fingerprint density at radius 1 is 1.19 bits per heavy atom. The summed E-state index contributed by atoms with van der Waals surface area (Å²) in [6.07, 6.45) is 8.80. The molecule has 0 spiro atoms. The third-order valence-corrected chi connectivity index (χ3v) is 5.96. The lowest BCUT2D eigenvalue weighted by Crippen LogP contribution is -2.50. The zero-order valence-corrected chi connectivity index (χ0v) is 18.5. The number of hydrogen-bond donors (Lipinski definition) is 3. The molecule has 0 saturated carbocycles. The van der Waals surface area contributed by atoms with E-state index in [2.05, 4.69) is 12.1 Å². The SMILES string of the molecule is C[N+]1(CCOc2nn3ccccc3c2N=C2C=C(OCCO)C(=N)C=C2N)CCCCC1. The van der Waals surface area contributed by atoms with Crippen molar-refractivity contribution < 1.29 is 19.1 Å². The lowest BCUT2D eigenvalue weighted by Gasteiger charge is -2.37. The van der Waals surface area contributed by atoms with E-state index in [1.54, 1.807) is 10.6 Å². The molecule has 0 aromatic carbocycles. The lowest BCUT2D eigenvalue weighted by atomic mass is 10.1. The minimum Gasteiger partial charge on any atom is -0.489 e. The van der Waals surface area contributed by atoms with Gasteiger partial charge in [0.2, 0.25) is 0 Å². The van der Waals surface area contributed by atoms with Crippen molar-refractivity contribution in [3.63, 3.8) is 0 Å². The van der Waals surface area contributed by atoms with Gasteiger partial charge in [0.15, 0.2) is 5.69 Å². The number of aliphatic hydroxyl groups excluding tert-OH is 1. The molecule has 32 heavy (non-hydrogen) atoms. The van der Waals surface area contributed by atoms with Crippen molar-refractivity contribution in [2.45, 2.75) is 19.3 Å². The van der Waals surface area contributed by atoms with Crippen LogP contribution in [0.5, 0.6) is 5.88 Å². The maximum atomic E-state index is 9.04. The van der Waals surface area contributed by atoms with E-state index in [0.29, 0.717) is 35.3 Å². The van der Waals surface area contributed by atoms with Crippen LogP contribution in [0.2, 0.25) is 0 Å². The Kier molecular flexibility index (Phi) is 6.57. The minimum absolute atomic E-state index is 0.0946. The van der Waals surface area contributed by atoms with E-state index in [-0.39, 0.29) is 18.9 Å². The monoisotopic (exact) mass is 439 g/mol. The van der Waals surface area contributed by atoms with Gasteiger partial charge in [-0.1, -0.05) is 6.07 Å². The molecule has 1 aliphatic heterocycles. The molecule has 9 nitrogen and oxygen atoms in total. The highest BCUT2D eigenvalue weighted by Gasteiger charge is 2.25. The molecule has 0 radical (unpaired) electrons. The number of nitrogens with two attached hydrogens (primary N) is 1. The second-order valence-electron chi connectivity index (χ2n) is 8.47. The van der Waals surface area contributed by atoms with Crippen LogP contribution >= 0.6 is 0 Å². The number of allylic oxidation sites excluding steroid dienone is 2. The van der Waals surface area contributed by atoms with Gasteiger partial charge in [0.1, 0.15) is 25.5 Å². The van der Waals surface area contributed by atoms with Gasteiger partial charge in [0.25, 0.3) is 5.88 Å². The summed E-state index contributed by atoms with van der Waals surface area (Å²) in [6.45, 7) is 3.78. The molecule has 4 N–H and O–H groups in total. The van der Waals surface area contributed by atoms with Gasteiger partial charge >= 0.3 is 0 Å². The second-order valence-corrected chi connectivity index (χ2v) is 8.47. The fraction of sp³-hybridized carbons (Fsp3) is 0.435. The lowest BCUT2D eigenvalue weighted by molar-refractivity contribution is -0.914. The molecule has 0 unspecified atom stereocenters. The van der Waals surface area contributed by atoms with Crippen molar-refractivity contribution >= 4 is 22.6 Å². The van der Waals surface area contributed by atoms with Gasteiger partial charge in [0.05, 0.1) is 49.4 Å². The van der Waals surface area contributed by atoms with E-state index in [1.807, 2.05) is 24.4 Å². The molecule has 170 valence electrons. The van der Waals surface area contributed by atoms with E-state index >= 15 is 0 Å². The number of rotatable bonds is 8. The number of nitrogens with zero attached hydrogens (tertiary/aromatic N) is 4. The van der Waals surface area contributed by atoms with Gasteiger partial charge in [-0.2, -0.15) is 0 Å². The molecular formula is C23H31N6O3+. The Balaban J connectivity index is 1.62. The quantitative estimate of drug-likeness (QED) is 0.430. The Bertz CT molecular complexity index is 1080. The van der Waals surface area contributed by atoms with E-state index in [4.69, 9.17) is 30.7 Å².